The number of esters is 1. The molecule has 0 aromatic heterocycles. The minimum atomic E-state index is -0.608. The van der Waals surface area contributed by atoms with Crippen molar-refractivity contribution in [2.75, 3.05) is 13.2 Å². The van der Waals surface area contributed by atoms with Crippen molar-refractivity contribution >= 4 is 5.97 Å². The third-order valence-corrected chi connectivity index (χ3v) is 6.60. The lowest BCUT2D eigenvalue weighted by Crippen LogP contribution is -2.41. The smallest absolute Gasteiger partial charge is 0.312 e. The second-order valence-corrected chi connectivity index (χ2v) is 10.4. The zero-order valence-corrected chi connectivity index (χ0v) is 19.2. The van der Waals surface area contributed by atoms with E-state index in [0.717, 1.165) is 25.7 Å². The fourth-order valence-electron chi connectivity index (χ4n) is 4.69. The zero-order chi connectivity index (χ0) is 21.0. The molecule has 0 amide bonds. The molecular weight excluding hydrogens is 352 g/mol. The van der Waals surface area contributed by atoms with Gasteiger partial charge in [-0.15, -0.1) is 0 Å². The number of ether oxygens (including phenoxy) is 3. The molecule has 2 aliphatic rings. The molecule has 1 saturated heterocycles. The Kier molecular flexibility index (Phi) is 7.77. The summed E-state index contributed by atoms with van der Waals surface area (Å²) in [6.45, 7) is 15.7. The molecule has 1 fully saturated rings. The third kappa shape index (κ3) is 5.82. The fraction of sp³-hybridized carbons (Fsp3) is 0.875. The monoisotopic (exact) mass is 394 g/mol. The number of carbonyl (C=O) groups is 1. The van der Waals surface area contributed by atoms with Gasteiger partial charge in [0, 0.05) is 5.92 Å². The van der Waals surface area contributed by atoms with Gasteiger partial charge >= 0.3 is 5.97 Å². The summed E-state index contributed by atoms with van der Waals surface area (Å²) in [7, 11) is 0. The Morgan fingerprint density at radius 2 is 2.00 bits per heavy atom. The van der Waals surface area contributed by atoms with Crippen molar-refractivity contribution in [3.63, 3.8) is 0 Å². The molecule has 5 unspecified atom stereocenters. The highest BCUT2D eigenvalue weighted by Gasteiger charge is 2.45. The minimum absolute atomic E-state index is 0.0641. The summed E-state index contributed by atoms with van der Waals surface area (Å²) in [5, 5.41) is 0. The van der Waals surface area contributed by atoms with E-state index in [1.165, 1.54) is 12.8 Å². The van der Waals surface area contributed by atoms with Crippen LogP contribution in [-0.4, -0.2) is 31.1 Å². The molecule has 4 heteroatoms. The van der Waals surface area contributed by atoms with Gasteiger partial charge in [0.1, 0.15) is 12.7 Å². The molecule has 0 aromatic carbocycles. The lowest BCUT2D eigenvalue weighted by atomic mass is 9.67. The van der Waals surface area contributed by atoms with Crippen LogP contribution in [-0.2, 0) is 19.0 Å². The lowest BCUT2D eigenvalue weighted by Gasteiger charge is -2.38. The Morgan fingerprint density at radius 3 is 2.64 bits per heavy atom. The summed E-state index contributed by atoms with van der Waals surface area (Å²) < 4.78 is 18.1. The first-order chi connectivity index (χ1) is 13.0. The Bertz CT molecular complexity index is 549. The van der Waals surface area contributed by atoms with Gasteiger partial charge in [-0.25, -0.2) is 0 Å². The predicted octanol–water partition coefficient (Wildman–Crippen LogP) is 5.90. The van der Waals surface area contributed by atoms with E-state index in [1.54, 1.807) is 0 Å². The number of carbonyl (C=O) groups excluding carboxylic acids is 1. The van der Waals surface area contributed by atoms with Crippen LogP contribution in [0.25, 0.3) is 0 Å². The second kappa shape index (κ2) is 9.30. The van der Waals surface area contributed by atoms with Crippen molar-refractivity contribution in [2.24, 2.45) is 22.7 Å². The molecular formula is C24H42O4. The van der Waals surface area contributed by atoms with E-state index in [9.17, 15) is 4.79 Å². The quantitative estimate of drug-likeness (QED) is 0.398. The lowest BCUT2D eigenvalue weighted by molar-refractivity contribution is -0.190. The second-order valence-electron chi connectivity index (χ2n) is 10.4. The molecule has 0 saturated carbocycles. The summed E-state index contributed by atoms with van der Waals surface area (Å²) >= 11 is 0. The predicted molar refractivity (Wildman–Crippen MR) is 113 cm³/mol. The molecule has 1 aliphatic heterocycles. The standard InChI is InChI=1S/C24H42O4/c1-8-18(2)23(6,17-22(3,4)5)21(25)26-15-20-16-27-24(7,28-20)19-13-11-9-10-12-14-19/h11,13,18-20H,8-10,12,14-17H2,1-7H3. The number of allylic oxidation sites excluding steroid dienone is 1. The Labute approximate surface area is 172 Å². The van der Waals surface area contributed by atoms with Gasteiger partial charge in [-0.2, -0.15) is 0 Å². The average Bonchev–Trinajstić information content (AvgIpc) is 2.83. The summed E-state index contributed by atoms with van der Waals surface area (Å²) in [6, 6.07) is 0. The highest BCUT2D eigenvalue weighted by molar-refractivity contribution is 5.76. The van der Waals surface area contributed by atoms with E-state index in [0.29, 0.717) is 6.61 Å². The maximum Gasteiger partial charge on any atom is 0.312 e. The maximum atomic E-state index is 13.1. The van der Waals surface area contributed by atoms with Crippen molar-refractivity contribution in [3.05, 3.63) is 12.2 Å². The summed E-state index contributed by atoms with van der Waals surface area (Å²) in [4.78, 5) is 13.1. The van der Waals surface area contributed by atoms with Gasteiger partial charge in [-0.05, 0) is 50.9 Å². The van der Waals surface area contributed by atoms with E-state index in [4.69, 9.17) is 14.2 Å². The molecule has 0 aromatic rings. The highest BCUT2D eigenvalue weighted by Crippen LogP contribution is 2.42. The van der Waals surface area contributed by atoms with Crippen LogP contribution in [0.4, 0.5) is 0 Å². The van der Waals surface area contributed by atoms with Gasteiger partial charge in [-0.1, -0.05) is 59.6 Å². The Balaban J connectivity index is 1.96. The van der Waals surface area contributed by atoms with Crippen molar-refractivity contribution in [2.45, 2.75) is 98.9 Å². The fourth-order valence-corrected chi connectivity index (χ4v) is 4.69. The zero-order valence-electron chi connectivity index (χ0n) is 19.2. The molecule has 5 atom stereocenters. The van der Waals surface area contributed by atoms with Gasteiger partial charge in [-0.3, -0.25) is 4.79 Å². The van der Waals surface area contributed by atoms with Crippen molar-refractivity contribution < 1.29 is 19.0 Å². The number of hydrogen-bond acceptors (Lipinski definition) is 4. The van der Waals surface area contributed by atoms with E-state index in [-0.39, 0.29) is 35.9 Å². The molecule has 4 nitrogen and oxygen atoms in total. The topological polar surface area (TPSA) is 44.8 Å². The first kappa shape index (κ1) is 23.4. The van der Waals surface area contributed by atoms with Gasteiger partial charge < -0.3 is 14.2 Å². The Hall–Kier alpha value is -0.870. The van der Waals surface area contributed by atoms with Crippen LogP contribution >= 0.6 is 0 Å². The summed E-state index contributed by atoms with van der Waals surface area (Å²) in [5.41, 5.74) is -0.422. The minimum Gasteiger partial charge on any atom is -0.462 e. The van der Waals surface area contributed by atoms with Crippen LogP contribution in [0.15, 0.2) is 12.2 Å². The Morgan fingerprint density at radius 1 is 1.29 bits per heavy atom. The molecule has 2 rings (SSSR count). The van der Waals surface area contributed by atoms with Gasteiger partial charge in [0.25, 0.3) is 0 Å². The van der Waals surface area contributed by atoms with Crippen LogP contribution in [0.5, 0.6) is 0 Å². The molecule has 28 heavy (non-hydrogen) atoms. The van der Waals surface area contributed by atoms with E-state index in [2.05, 4.69) is 53.7 Å². The SMILES string of the molecule is CCC(C)C(C)(CC(C)(C)C)C(=O)OCC1COC(C)(C2C=CCCCC2)O1. The average molecular weight is 395 g/mol. The van der Waals surface area contributed by atoms with E-state index in [1.807, 2.05) is 6.92 Å². The largest absolute Gasteiger partial charge is 0.462 e. The summed E-state index contributed by atoms with van der Waals surface area (Å²) in [5.74, 6) is -0.185. The van der Waals surface area contributed by atoms with Crippen LogP contribution in [0, 0.1) is 22.7 Å². The number of rotatable bonds is 7. The molecule has 162 valence electrons. The van der Waals surface area contributed by atoms with Crippen LogP contribution in [0.2, 0.25) is 0 Å². The molecule has 1 heterocycles. The van der Waals surface area contributed by atoms with E-state index >= 15 is 0 Å². The number of hydrogen-bond donors (Lipinski definition) is 0. The normalized spacial score (nSPS) is 31.8. The first-order valence-corrected chi connectivity index (χ1v) is 11.2. The molecule has 0 spiro atoms. The van der Waals surface area contributed by atoms with Gasteiger partial charge in [0.2, 0.25) is 0 Å². The summed E-state index contributed by atoms with van der Waals surface area (Å²) in [6.07, 6.45) is 10.7. The highest BCUT2D eigenvalue weighted by atomic mass is 16.8. The van der Waals surface area contributed by atoms with Crippen LogP contribution < -0.4 is 0 Å². The van der Waals surface area contributed by atoms with Gasteiger partial charge in [0.05, 0.1) is 12.0 Å². The van der Waals surface area contributed by atoms with Crippen molar-refractivity contribution in [3.8, 4) is 0 Å². The molecule has 1 aliphatic carbocycles. The van der Waals surface area contributed by atoms with Gasteiger partial charge in [0.15, 0.2) is 5.79 Å². The van der Waals surface area contributed by atoms with Crippen molar-refractivity contribution in [1.29, 1.82) is 0 Å². The first-order valence-electron chi connectivity index (χ1n) is 11.2. The molecule has 0 N–H and O–H groups in total. The van der Waals surface area contributed by atoms with Crippen molar-refractivity contribution in [1.82, 2.24) is 0 Å². The third-order valence-electron chi connectivity index (χ3n) is 6.60. The van der Waals surface area contributed by atoms with E-state index < -0.39 is 11.2 Å². The van der Waals surface area contributed by atoms with Crippen LogP contribution in [0.3, 0.4) is 0 Å². The molecule has 0 radical (unpaired) electrons. The maximum absolute atomic E-state index is 13.1. The molecule has 0 bridgehead atoms. The van der Waals surface area contributed by atoms with Crippen LogP contribution in [0.1, 0.15) is 87.0 Å².